The number of aryl methyl sites for hydroxylation is 1. The van der Waals surface area contributed by atoms with Gasteiger partial charge in [-0.05, 0) is 76.9 Å². The van der Waals surface area contributed by atoms with Crippen molar-refractivity contribution < 1.29 is 13.9 Å². The number of benzene rings is 3. The highest BCUT2D eigenvalue weighted by Gasteiger charge is 2.10. The summed E-state index contributed by atoms with van der Waals surface area (Å²) in [7, 11) is 0. The van der Waals surface area contributed by atoms with Crippen molar-refractivity contribution in [3.63, 3.8) is 0 Å². The molecule has 0 aliphatic carbocycles. The number of carbonyl (C=O) groups is 1. The monoisotopic (exact) mass is 586 g/mol. The molecule has 172 valence electrons. The van der Waals surface area contributed by atoms with Gasteiger partial charge in [0, 0.05) is 4.47 Å². The van der Waals surface area contributed by atoms with E-state index in [2.05, 4.69) is 47.3 Å². The summed E-state index contributed by atoms with van der Waals surface area (Å²) in [6.07, 6.45) is 1.53. The van der Waals surface area contributed by atoms with Crippen molar-refractivity contribution in [2.75, 3.05) is 11.9 Å². The lowest BCUT2D eigenvalue weighted by atomic mass is 10.2. The van der Waals surface area contributed by atoms with E-state index in [0.717, 1.165) is 4.47 Å². The zero-order valence-corrected chi connectivity index (χ0v) is 20.9. The van der Waals surface area contributed by atoms with Crippen LogP contribution in [0.2, 0.25) is 0 Å². The molecule has 1 N–H and O–H groups in total. The highest BCUT2D eigenvalue weighted by atomic mass is 79.9. The Bertz CT molecular complexity index is 1490. The second-order valence-corrected chi connectivity index (χ2v) is 8.96. The Labute approximate surface area is 210 Å². The Hall–Kier alpha value is -3.37. The minimum Gasteiger partial charge on any atom is -0.483 e. The van der Waals surface area contributed by atoms with Gasteiger partial charge in [-0.25, -0.2) is 9.37 Å². The number of amides is 1. The molecule has 1 aromatic heterocycles. The number of aromatic nitrogens is 2. The molecule has 0 aliphatic heterocycles. The number of para-hydroxylation sites is 1. The molecule has 10 heteroatoms. The van der Waals surface area contributed by atoms with Crippen molar-refractivity contribution in [3.8, 4) is 5.75 Å². The summed E-state index contributed by atoms with van der Waals surface area (Å²) in [5, 5.41) is 7.21. The number of carbonyl (C=O) groups excluding carboxylic acids is 1. The molecule has 0 saturated carbocycles. The van der Waals surface area contributed by atoms with Crippen molar-refractivity contribution in [1.29, 1.82) is 0 Å². The van der Waals surface area contributed by atoms with E-state index in [4.69, 9.17) is 4.74 Å². The van der Waals surface area contributed by atoms with E-state index in [0.29, 0.717) is 32.5 Å². The topological polar surface area (TPSA) is 85.6 Å². The van der Waals surface area contributed by atoms with Gasteiger partial charge in [0.1, 0.15) is 17.4 Å². The first-order chi connectivity index (χ1) is 16.3. The van der Waals surface area contributed by atoms with Crippen molar-refractivity contribution in [1.82, 2.24) is 9.66 Å². The van der Waals surface area contributed by atoms with Crippen LogP contribution in [0.1, 0.15) is 11.4 Å². The van der Waals surface area contributed by atoms with Gasteiger partial charge in [0.15, 0.2) is 6.61 Å². The lowest BCUT2D eigenvalue weighted by molar-refractivity contribution is -0.118. The predicted octanol–water partition coefficient (Wildman–Crippen LogP) is 5.27. The molecule has 1 amide bonds. The minimum absolute atomic E-state index is 0.0859. The van der Waals surface area contributed by atoms with Gasteiger partial charge in [0.2, 0.25) is 0 Å². The fourth-order valence-electron chi connectivity index (χ4n) is 3.13. The lowest BCUT2D eigenvalue weighted by Gasteiger charge is -2.10. The third kappa shape index (κ3) is 5.40. The highest BCUT2D eigenvalue weighted by molar-refractivity contribution is 9.10. The van der Waals surface area contributed by atoms with Crippen LogP contribution in [-0.4, -0.2) is 28.4 Å². The number of hydrogen-bond acceptors (Lipinski definition) is 5. The number of hydrogen-bond donors (Lipinski definition) is 1. The summed E-state index contributed by atoms with van der Waals surface area (Å²) >= 11 is 6.78. The number of nitrogens with one attached hydrogen (secondary N) is 1. The number of fused-ring (bicyclic) bond motifs is 1. The molecular weight excluding hydrogens is 571 g/mol. The first-order valence-corrected chi connectivity index (χ1v) is 11.6. The Morgan fingerprint density at radius 2 is 1.97 bits per heavy atom. The van der Waals surface area contributed by atoms with Crippen molar-refractivity contribution in [2.24, 2.45) is 5.10 Å². The van der Waals surface area contributed by atoms with Crippen LogP contribution in [-0.2, 0) is 4.79 Å². The second-order valence-electron chi connectivity index (χ2n) is 7.19. The molecule has 34 heavy (non-hydrogen) atoms. The maximum atomic E-state index is 13.7. The number of ether oxygens (including phenoxy) is 1. The molecule has 7 nitrogen and oxygen atoms in total. The van der Waals surface area contributed by atoms with Crippen molar-refractivity contribution >= 4 is 60.6 Å². The third-order valence-electron chi connectivity index (χ3n) is 4.76. The van der Waals surface area contributed by atoms with E-state index in [1.807, 2.05) is 6.07 Å². The lowest BCUT2D eigenvalue weighted by Crippen LogP contribution is -2.21. The van der Waals surface area contributed by atoms with Crippen LogP contribution >= 0.6 is 31.9 Å². The van der Waals surface area contributed by atoms with Crippen LogP contribution in [0.4, 0.5) is 10.1 Å². The molecule has 3 aromatic carbocycles. The summed E-state index contributed by atoms with van der Waals surface area (Å²) in [5.74, 6) is -0.139. The summed E-state index contributed by atoms with van der Waals surface area (Å²) in [4.78, 5) is 29.4. The van der Waals surface area contributed by atoms with Gasteiger partial charge >= 0.3 is 0 Å². The first-order valence-electron chi connectivity index (χ1n) is 10.0. The number of rotatable bonds is 6. The van der Waals surface area contributed by atoms with E-state index < -0.39 is 11.7 Å². The van der Waals surface area contributed by atoms with Gasteiger partial charge in [-0.1, -0.05) is 28.1 Å². The molecule has 0 unspecified atom stereocenters. The first kappa shape index (κ1) is 23.8. The van der Waals surface area contributed by atoms with Gasteiger partial charge in [0.05, 0.1) is 27.3 Å². The molecule has 0 fully saturated rings. The highest BCUT2D eigenvalue weighted by Crippen LogP contribution is 2.25. The van der Waals surface area contributed by atoms with E-state index in [-0.39, 0.29) is 17.9 Å². The van der Waals surface area contributed by atoms with Gasteiger partial charge in [0.25, 0.3) is 11.5 Å². The van der Waals surface area contributed by atoms with Gasteiger partial charge in [-0.3, -0.25) is 9.59 Å². The standard InChI is InChI=1S/C24H17Br2FN4O3/c1-14-29-20-8-7-16(25)11-17(20)24(33)31(14)28-12-15-6-9-22(18(26)10-15)34-13-23(32)30-21-5-3-2-4-19(21)27/h2-12H,13H2,1H3,(H,30,32). The summed E-state index contributed by atoms with van der Waals surface area (Å²) in [6, 6.07) is 16.3. The zero-order valence-electron chi connectivity index (χ0n) is 17.8. The van der Waals surface area contributed by atoms with E-state index in [9.17, 15) is 14.0 Å². The van der Waals surface area contributed by atoms with Gasteiger partial charge < -0.3 is 10.1 Å². The predicted molar refractivity (Wildman–Crippen MR) is 136 cm³/mol. The fourth-order valence-corrected chi connectivity index (χ4v) is 4.00. The largest absolute Gasteiger partial charge is 0.483 e. The Kier molecular flexibility index (Phi) is 7.18. The van der Waals surface area contributed by atoms with Crippen LogP contribution in [0.3, 0.4) is 0 Å². The van der Waals surface area contributed by atoms with Crippen LogP contribution in [0.15, 0.2) is 79.5 Å². The Balaban J connectivity index is 1.47. The number of nitrogens with zero attached hydrogens (tertiary/aromatic N) is 3. The summed E-state index contributed by atoms with van der Waals surface area (Å²) in [5.41, 5.74) is 1.10. The normalized spacial score (nSPS) is 11.2. The molecule has 0 bridgehead atoms. The van der Waals surface area contributed by atoms with Gasteiger partial charge in [-0.15, -0.1) is 0 Å². The van der Waals surface area contributed by atoms with E-state index in [1.54, 1.807) is 43.3 Å². The molecule has 0 atom stereocenters. The molecule has 4 rings (SSSR count). The molecule has 1 heterocycles. The SMILES string of the molecule is Cc1nc2ccc(Br)cc2c(=O)n1N=Cc1ccc(OCC(=O)Nc2ccccc2F)c(Br)c1. The van der Waals surface area contributed by atoms with Crippen LogP contribution in [0.5, 0.6) is 5.75 Å². The average molecular weight is 588 g/mol. The summed E-state index contributed by atoms with van der Waals surface area (Å²) < 4.78 is 21.8. The maximum Gasteiger partial charge on any atom is 0.282 e. The van der Waals surface area contributed by atoms with E-state index in [1.165, 1.54) is 29.1 Å². The smallest absolute Gasteiger partial charge is 0.282 e. The molecule has 0 saturated heterocycles. The molecule has 0 spiro atoms. The van der Waals surface area contributed by atoms with Gasteiger partial charge in [-0.2, -0.15) is 9.78 Å². The van der Waals surface area contributed by atoms with Crippen molar-refractivity contribution in [2.45, 2.75) is 6.92 Å². The Morgan fingerprint density at radius 1 is 1.18 bits per heavy atom. The van der Waals surface area contributed by atoms with E-state index >= 15 is 0 Å². The Morgan fingerprint density at radius 3 is 2.74 bits per heavy atom. The fraction of sp³-hybridized carbons (Fsp3) is 0.0833. The van der Waals surface area contributed by atoms with Crippen LogP contribution in [0.25, 0.3) is 10.9 Å². The third-order valence-corrected chi connectivity index (χ3v) is 5.87. The molecule has 4 aromatic rings. The summed E-state index contributed by atoms with van der Waals surface area (Å²) in [6.45, 7) is 1.41. The molecule has 0 radical (unpaired) electrons. The second kappa shape index (κ2) is 10.3. The zero-order chi connectivity index (χ0) is 24.2. The average Bonchev–Trinajstić information content (AvgIpc) is 2.80. The molecular formula is C24H17Br2FN4O3. The number of halogens is 3. The minimum atomic E-state index is -0.524. The number of anilines is 1. The molecule has 0 aliphatic rings. The van der Waals surface area contributed by atoms with Crippen LogP contribution < -0.4 is 15.6 Å². The van der Waals surface area contributed by atoms with Crippen LogP contribution in [0, 0.1) is 12.7 Å². The maximum absolute atomic E-state index is 13.7. The quantitative estimate of drug-likeness (QED) is 0.312. The van der Waals surface area contributed by atoms with Crippen molar-refractivity contribution in [3.05, 3.63) is 97.2 Å².